The molecule has 0 aliphatic rings. The molecule has 0 aromatic heterocycles. The molecular weight excluding hydrogens is 432 g/mol. The Morgan fingerprint density at radius 1 is 0.824 bits per heavy atom. The van der Waals surface area contributed by atoms with Crippen LogP contribution < -0.4 is 20.8 Å². The van der Waals surface area contributed by atoms with Crippen molar-refractivity contribution in [3.8, 4) is 5.75 Å². The lowest BCUT2D eigenvalue weighted by atomic mass is 10.1. The Hall–Kier alpha value is -4.46. The maximum atomic E-state index is 12.3. The van der Waals surface area contributed by atoms with Crippen LogP contribution in [0.3, 0.4) is 0 Å². The van der Waals surface area contributed by atoms with Crippen molar-refractivity contribution in [2.75, 3.05) is 17.2 Å². The summed E-state index contributed by atoms with van der Waals surface area (Å²) in [7, 11) is 0. The van der Waals surface area contributed by atoms with Gasteiger partial charge < -0.3 is 15.4 Å². The fourth-order valence-electron chi connectivity index (χ4n) is 3.13. The highest BCUT2D eigenvalue weighted by atomic mass is 16.5. The van der Waals surface area contributed by atoms with Crippen LogP contribution in [0.25, 0.3) is 0 Å². The zero-order valence-electron chi connectivity index (χ0n) is 19.2. The molecule has 0 spiro atoms. The van der Waals surface area contributed by atoms with Crippen molar-refractivity contribution in [2.24, 2.45) is 5.10 Å². The van der Waals surface area contributed by atoms with Crippen LogP contribution in [0.15, 0.2) is 71.8 Å². The van der Waals surface area contributed by atoms with Gasteiger partial charge in [-0.05, 0) is 61.2 Å². The number of hydrazone groups is 1. The van der Waals surface area contributed by atoms with Gasteiger partial charge in [0.15, 0.2) is 6.61 Å². The van der Waals surface area contributed by atoms with E-state index in [1.54, 1.807) is 36.4 Å². The molecule has 0 heterocycles. The summed E-state index contributed by atoms with van der Waals surface area (Å²) in [5.41, 5.74) is 6.93. The number of rotatable bonds is 7. The van der Waals surface area contributed by atoms with E-state index < -0.39 is 11.8 Å². The van der Waals surface area contributed by atoms with Crippen molar-refractivity contribution < 1.29 is 19.1 Å². The highest BCUT2D eigenvalue weighted by molar-refractivity contribution is 6.39. The molecule has 0 unspecified atom stereocenters. The Balaban J connectivity index is 1.51. The minimum absolute atomic E-state index is 0.163. The molecular formula is C26H26N4O4. The van der Waals surface area contributed by atoms with E-state index in [9.17, 15) is 14.4 Å². The van der Waals surface area contributed by atoms with Gasteiger partial charge in [-0.3, -0.25) is 14.4 Å². The van der Waals surface area contributed by atoms with Crippen molar-refractivity contribution in [1.29, 1.82) is 0 Å². The van der Waals surface area contributed by atoms with Crippen LogP contribution in [0.2, 0.25) is 0 Å². The largest absolute Gasteiger partial charge is 0.484 e. The maximum absolute atomic E-state index is 12.3. The van der Waals surface area contributed by atoms with Crippen LogP contribution in [0.4, 0.5) is 11.4 Å². The molecule has 0 fully saturated rings. The quantitative estimate of drug-likeness (QED) is 0.285. The summed E-state index contributed by atoms with van der Waals surface area (Å²) in [5, 5.41) is 9.22. The van der Waals surface area contributed by atoms with E-state index in [-0.39, 0.29) is 12.5 Å². The number of amides is 3. The standard InChI is InChI=1S/C26H26N4O4/c1-17-8-4-5-13-22(17)28-25(32)26(33)30-27-15-20-11-7-12-21(14-20)34-16-23(31)29-24-18(2)9-6-10-19(24)3/h4-15H,16H2,1-3H3,(H,28,32)(H,29,31)(H,30,33)/b27-15-. The van der Waals surface area contributed by atoms with E-state index >= 15 is 0 Å². The van der Waals surface area contributed by atoms with Gasteiger partial charge in [0.1, 0.15) is 5.75 Å². The van der Waals surface area contributed by atoms with E-state index in [0.717, 1.165) is 22.4 Å². The summed E-state index contributed by atoms with van der Waals surface area (Å²) >= 11 is 0. The SMILES string of the molecule is Cc1ccccc1NC(=O)C(=O)N/N=C\c1cccc(OCC(=O)Nc2c(C)cccc2C)c1. The minimum Gasteiger partial charge on any atom is -0.484 e. The van der Waals surface area contributed by atoms with Crippen molar-refractivity contribution in [3.63, 3.8) is 0 Å². The van der Waals surface area contributed by atoms with E-state index in [1.807, 2.05) is 51.1 Å². The number of para-hydroxylation sites is 2. The smallest absolute Gasteiger partial charge is 0.329 e. The molecule has 0 saturated carbocycles. The monoisotopic (exact) mass is 458 g/mol. The van der Waals surface area contributed by atoms with Crippen LogP contribution in [0.5, 0.6) is 5.75 Å². The second kappa shape index (κ2) is 11.4. The number of aryl methyl sites for hydroxylation is 3. The molecule has 0 radical (unpaired) electrons. The second-order valence-electron chi connectivity index (χ2n) is 7.64. The molecule has 3 amide bonds. The maximum Gasteiger partial charge on any atom is 0.329 e. The summed E-state index contributed by atoms with van der Waals surface area (Å²) in [6.07, 6.45) is 1.38. The first-order valence-electron chi connectivity index (χ1n) is 10.6. The molecule has 0 atom stereocenters. The summed E-state index contributed by atoms with van der Waals surface area (Å²) in [6, 6.07) is 19.8. The molecule has 3 rings (SSSR count). The predicted molar refractivity (Wildman–Crippen MR) is 132 cm³/mol. The van der Waals surface area contributed by atoms with E-state index in [1.165, 1.54) is 6.21 Å². The van der Waals surface area contributed by atoms with Gasteiger partial charge in [0.25, 0.3) is 5.91 Å². The zero-order chi connectivity index (χ0) is 24.5. The fraction of sp³-hybridized carbons (Fsp3) is 0.154. The predicted octanol–water partition coefficient (Wildman–Crippen LogP) is 3.72. The summed E-state index contributed by atoms with van der Waals surface area (Å²) in [5.74, 6) is -1.53. The average Bonchev–Trinajstić information content (AvgIpc) is 2.82. The summed E-state index contributed by atoms with van der Waals surface area (Å²) in [4.78, 5) is 36.3. The van der Waals surface area contributed by atoms with Gasteiger partial charge in [-0.25, -0.2) is 5.43 Å². The van der Waals surface area contributed by atoms with Gasteiger partial charge >= 0.3 is 11.8 Å². The van der Waals surface area contributed by atoms with Crippen molar-refractivity contribution in [1.82, 2.24) is 5.43 Å². The highest BCUT2D eigenvalue weighted by Crippen LogP contribution is 2.19. The number of anilines is 2. The van der Waals surface area contributed by atoms with Crippen molar-refractivity contribution in [2.45, 2.75) is 20.8 Å². The molecule has 174 valence electrons. The lowest BCUT2D eigenvalue weighted by Gasteiger charge is -2.12. The second-order valence-corrected chi connectivity index (χ2v) is 7.64. The molecule has 3 aromatic carbocycles. The van der Waals surface area contributed by atoms with Crippen molar-refractivity contribution >= 4 is 35.3 Å². The third-order valence-corrected chi connectivity index (χ3v) is 4.95. The first-order chi connectivity index (χ1) is 16.3. The molecule has 3 aromatic rings. The number of hydrogen-bond acceptors (Lipinski definition) is 5. The molecule has 0 saturated heterocycles. The first-order valence-corrected chi connectivity index (χ1v) is 10.6. The number of benzene rings is 3. The van der Waals surface area contributed by atoms with Gasteiger partial charge in [0, 0.05) is 11.4 Å². The molecule has 0 bridgehead atoms. The fourth-order valence-corrected chi connectivity index (χ4v) is 3.13. The first kappa shape index (κ1) is 24.2. The van der Waals surface area contributed by atoms with Crippen LogP contribution in [0.1, 0.15) is 22.3 Å². The Labute approximate surface area is 198 Å². The molecule has 0 aliphatic carbocycles. The average molecular weight is 459 g/mol. The van der Waals surface area contributed by atoms with Crippen LogP contribution in [-0.4, -0.2) is 30.5 Å². The van der Waals surface area contributed by atoms with E-state index in [4.69, 9.17) is 4.74 Å². The van der Waals surface area contributed by atoms with Gasteiger partial charge in [0.05, 0.1) is 6.21 Å². The zero-order valence-corrected chi connectivity index (χ0v) is 19.2. The number of ether oxygens (including phenoxy) is 1. The third kappa shape index (κ3) is 6.77. The van der Waals surface area contributed by atoms with E-state index in [0.29, 0.717) is 17.0 Å². The molecule has 8 nitrogen and oxygen atoms in total. The Kier molecular flexibility index (Phi) is 8.12. The topological polar surface area (TPSA) is 109 Å². The number of carbonyl (C=O) groups is 3. The lowest BCUT2D eigenvalue weighted by Crippen LogP contribution is -2.32. The highest BCUT2D eigenvalue weighted by Gasteiger charge is 2.13. The van der Waals surface area contributed by atoms with E-state index in [2.05, 4.69) is 21.2 Å². The lowest BCUT2D eigenvalue weighted by molar-refractivity contribution is -0.136. The summed E-state index contributed by atoms with van der Waals surface area (Å²) < 4.78 is 5.58. The van der Waals surface area contributed by atoms with Gasteiger partial charge in [-0.2, -0.15) is 5.10 Å². The molecule has 34 heavy (non-hydrogen) atoms. The molecule has 3 N–H and O–H groups in total. The Morgan fingerprint density at radius 3 is 2.24 bits per heavy atom. The molecule has 8 heteroatoms. The van der Waals surface area contributed by atoms with Crippen LogP contribution in [-0.2, 0) is 14.4 Å². The van der Waals surface area contributed by atoms with Gasteiger partial charge in [0.2, 0.25) is 0 Å². The number of carbonyl (C=O) groups excluding carboxylic acids is 3. The van der Waals surface area contributed by atoms with Crippen LogP contribution >= 0.6 is 0 Å². The van der Waals surface area contributed by atoms with Crippen molar-refractivity contribution in [3.05, 3.63) is 89.0 Å². The Morgan fingerprint density at radius 2 is 1.50 bits per heavy atom. The van der Waals surface area contributed by atoms with Gasteiger partial charge in [-0.1, -0.05) is 48.5 Å². The van der Waals surface area contributed by atoms with Crippen LogP contribution in [0, 0.1) is 20.8 Å². The number of hydrogen-bond donors (Lipinski definition) is 3. The molecule has 0 aliphatic heterocycles. The summed E-state index contributed by atoms with van der Waals surface area (Å²) in [6.45, 7) is 5.52. The number of nitrogens with zero attached hydrogens (tertiary/aromatic N) is 1. The normalized spacial score (nSPS) is 10.6. The minimum atomic E-state index is -0.893. The Bertz CT molecular complexity index is 1220. The third-order valence-electron chi connectivity index (χ3n) is 4.95. The number of nitrogens with one attached hydrogen (secondary N) is 3. The van der Waals surface area contributed by atoms with Gasteiger partial charge in [-0.15, -0.1) is 0 Å².